The molecule has 2 aromatic carbocycles. The number of nitrogens with zero attached hydrogens (tertiary/aromatic N) is 2. The zero-order valence-electron chi connectivity index (χ0n) is 16.8. The smallest absolute Gasteiger partial charge is 0.416 e. The maximum absolute atomic E-state index is 13.1. The van der Waals surface area contributed by atoms with Crippen LogP contribution in [0.2, 0.25) is 0 Å². The van der Waals surface area contributed by atoms with E-state index in [2.05, 4.69) is 14.7 Å². The maximum Gasteiger partial charge on any atom is 0.416 e. The second-order valence-electron chi connectivity index (χ2n) is 6.85. The lowest BCUT2D eigenvalue weighted by atomic mass is 10.0. The lowest BCUT2D eigenvalue weighted by molar-refractivity contribution is -0.137. The van der Waals surface area contributed by atoms with Gasteiger partial charge in [-0.15, -0.1) is 11.3 Å². The normalized spacial score (nSPS) is 12.2. The van der Waals surface area contributed by atoms with Crippen molar-refractivity contribution in [2.45, 2.75) is 18.0 Å². The van der Waals surface area contributed by atoms with Gasteiger partial charge in [-0.2, -0.15) is 13.2 Å². The first kappa shape index (κ1) is 22.0. The monoisotopic (exact) mass is 479 g/mol. The fraction of sp³-hybridized carbons (Fsp3) is 0.143. The van der Waals surface area contributed by atoms with Gasteiger partial charge in [0.2, 0.25) is 0 Å². The predicted molar refractivity (Wildman–Crippen MR) is 116 cm³/mol. The Bertz CT molecular complexity index is 1420. The molecule has 0 saturated heterocycles. The highest BCUT2D eigenvalue weighted by molar-refractivity contribution is 7.93. The minimum atomic E-state index is -4.51. The topological polar surface area (TPSA) is 81.2 Å². The van der Waals surface area contributed by atoms with E-state index in [1.165, 1.54) is 42.8 Å². The van der Waals surface area contributed by atoms with Gasteiger partial charge in [-0.3, -0.25) is 9.71 Å². The summed E-state index contributed by atoms with van der Waals surface area (Å²) >= 11 is 1.18. The minimum absolute atomic E-state index is 0.0114. The Balaban J connectivity index is 1.78. The van der Waals surface area contributed by atoms with E-state index in [4.69, 9.17) is 4.74 Å². The van der Waals surface area contributed by atoms with Crippen LogP contribution in [0.15, 0.2) is 58.9 Å². The molecular formula is C21H16F3N3O3S2. The summed E-state index contributed by atoms with van der Waals surface area (Å²) < 4.78 is 72.3. The Morgan fingerprint density at radius 3 is 2.53 bits per heavy atom. The first-order chi connectivity index (χ1) is 15.1. The van der Waals surface area contributed by atoms with Gasteiger partial charge >= 0.3 is 6.18 Å². The molecule has 0 aliphatic heterocycles. The lowest BCUT2D eigenvalue weighted by Gasteiger charge is -2.14. The molecule has 4 aromatic rings. The molecule has 11 heteroatoms. The summed E-state index contributed by atoms with van der Waals surface area (Å²) in [5.74, 6) is 0.0114. The van der Waals surface area contributed by atoms with Crippen LogP contribution in [0.1, 0.15) is 11.3 Å². The maximum atomic E-state index is 13.1. The van der Waals surface area contributed by atoms with Crippen LogP contribution in [-0.4, -0.2) is 25.5 Å². The van der Waals surface area contributed by atoms with Crippen LogP contribution in [0, 0.1) is 6.92 Å². The lowest BCUT2D eigenvalue weighted by Crippen LogP contribution is -2.12. The first-order valence-electron chi connectivity index (χ1n) is 9.18. The molecule has 0 spiro atoms. The SMILES string of the molecule is COc1cc(C(F)(F)F)ccc1-c1nccc2cc(S(=O)(=O)Nc3nc(C)cs3)ccc12. The van der Waals surface area contributed by atoms with Gasteiger partial charge in [0.15, 0.2) is 5.13 Å². The number of benzene rings is 2. The average Bonchev–Trinajstić information content (AvgIpc) is 3.15. The number of thiazole rings is 1. The third kappa shape index (κ3) is 4.26. The Morgan fingerprint density at radius 2 is 1.88 bits per heavy atom. The molecule has 0 amide bonds. The summed E-state index contributed by atoms with van der Waals surface area (Å²) in [5, 5.41) is 3.10. The molecule has 0 fully saturated rings. The summed E-state index contributed by atoms with van der Waals surface area (Å²) in [6.45, 7) is 1.76. The molecule has 2 aromatic heterocycles. The van der Waals surface area contributed by atoms with Crippen molar-refractivity contribution in [1.82, 2.24) is 9.97 Å². The predicted octanol–water partition coefficient (Wildman–Crippen LogP) is 5.49. The molecule has 0 aliphatic rings. The number of anilines is 1. The number of alkyl halides is 3. The highest BCUT2D eigenvalue weighted by atomic mass is 32.2. The summed E-state index contributed by atoms with van der Waals surface area (Å²) in [6, 6.07) is 9.23. The second kappa shape index (κ2) is 8.06. The van der Waals surface area contributed by atoms with Crippen molar-refractivity contribution < 1.29 is 26.3 Å². The third-order valence-corrected chi connectivity index (χ3v) is 7.01. The van der Waals surface area contributed by atoms with Crippen LogP contribution in [0.5, 0.6) is 5.75 Å². The molecule has 32 heavy (non-hydrogen) atoms. The summed E-state index contributed by atoms with van der Waals surface area (Å²) in [6.07, 6.45) is -3.05. The number of ether oxygens (including phenoxy) is 1. The molecule has 166 valence electrons. The number of nitrogens with one attached hydrogen (secondary N) is 1. The largest absolute Gasteiger partial charge is 0.496 e. The van der Waals surface area contributed by atoms with Crippen molar-refractivity contribution in [3.05, 3.63) is 65.3 Å². The van der Waals surface area contributed by atoms with Gasteiger partial charge in [-0.1, -0.05) is 6.07 Å². The number of aromatic nitrogens is 2. The number of pyridine rings is 1. The molecule has 0 saturated carbocycles. The van der Waals surface area contributed by atoms with Gasteiger partial charge in [0.25, 0.3) is 10.0 Å². The van der Waals surface area contributed by atoms with E-state index in [1.54, 1.807) is 24.4 Å². The van der Waals surface area contributed by atoms with Crippen LogP contribution >= 0.6 is 11.3 Å². The number of hydrogen-bond acceptors (Lipinski definition) is 6. The van der Waals surface area contributed by atoms with Gasteiger partial charge in [-0.25, -0.2) is 13.4 Å². The van der Waals surface area contributed by atoms with E-state index in [1.807, 2.05) is 0 Å². The molecule has 4 rings (SSSR count). The van der Waals surface area contributed by atoms with Gasteiger partial charge < -0.3 is 4.74 Å². The molecule has 2 heterocycles. The van der Waals surface area contributed by atoms with Gasteiger partial charge in [0.05, 0.1) is 29.0 Å². The second-order valence-corrected chi connectivity index (χ2v) is 9.40. The van der Waals surface area contributed by atoms with Crippen molar-refractivity contribution in [2.24, 2.45) is 0 Å². The zero-order valence-corrected chi connectivity index (χ0v) is 18.4. The van der Waals surface area contributed by atoms with Crippen molar-refractivity contribution in [3.8, 4) is 17.0 Å². The summed E-state index contributed by atoms with van der Waals surface area (Å²) in [4.78, 5) is 8.43. The van der Waals surface area contributed by atoms with Crippen molar-refractivity contribution in [3.63, 3.8) is 0 Å². The van der Waals surface area contributed by atoms with E-state index >= 15 is 0 Å². The first-order valence-corrected chi connectivity index (χ1v) is 11.5. The molecule has 0 atom stereocenters. The molecule has 0 bridgehead atoms. The Kier molecular flexibility index (Phi) is 5.55. The van der Waals surface area contributed by atoms with Crippen molar-refractivity contribution >= 4 is 37.3 Å². The molecular weight excluding hydrogens is 463 g/mol. The number of rotatable bonds is 5. The van der Waals surface area contributed by atoms with Crippen molar-refractivity contribution in [2.75, 3.05) is 11.8 Å². The standard InChI is InChI=1S/C21H16F3N3O3S2/c1-12-11-31-20(26-12)27-32(28,29)15-4-6-16-13(9-15)7-8-25-19(16)17-5-3-14(21(22,23)24)10-18(17)30-2/h3-11H,1-2H3,(H,26,27). The highest BCUT2D eigenvalue weighted by Crippen LogP contribution is 2.38. The average molecular weight is 480 g/mol. The number of fused-ring (bicyclic) bond motifs is 1. The molecule has 0 aliphatic carbocycles. The molecule has 1 N–H and O–H groups in total. The Morgan fingerprint density at radius 1 is 1.09 bits per heavy atom. The fourth-order valence-electron chi connectivity index (χ4n) is 3.18. The highest BCUT2D eigenvalue weighted by Gasteiger charge is 2.31. The number of hydrogen-bond donors (Lipinski definition) is 1. The Hall–Kier alpha value is -3.18. The third-order valence-electron chi connectivity index (χ3n) is 4.67. The Labute approximate surface area is 185 Å². The number of sulfonamides is 1. The van der Waals surface area contributed by atoms with E-state index in [0.717, 1.165) is 12.1 Å². The fourth-order valence-corrected chi connectivity index (χ4v) is 5.15. The summed E-state index contributed by atoms with van der Waals surface area (Å²) in [5.41, 5.74) is 0.598. The van der Waals surface area contributed by atoms with Crippen LogP contribution in [0.25, 0.3) is 22.0 Å². The van der Waals surface area contributed by atoms with Gasteiger partial charge in [0.1, 0.15) is 5.75 Å². The summed E-state index contributed by atoms with van der Waals surface area (Å²) in [7, 11) is -2.60. The zero-order chi connectivity index (χ0) is 23.1. The van der Waals surface area contributed by atoms with Crippen LogP contribution < -0.4 is 9.46 Å². The van der Waals surface area contributed by atoms with Crippen LogP contribution in [0.3, 0.4) is 0 Å². The molecule has 0 radical (unpaired) electrons. The van der Waals surface area contributed by atoms with Crippen LogP contribution in [-0.2, 0) is 16.2 Å². The molecule has 0 unspecified atom stereocenters. The van der Waals surface area contributed by atoms with E-state index in [9.17, 15) is 21.6 Å². The minimum Gasteiger partial charge on any atom is -0.496 e. The van der Waals surface area contributed by atoms with Gasteiger partial charge in [0, 0.05) is 22.5 Å². The number of halogens is 3. The van der Waals surface area contributed by atoms with E-state index in [-0.39, 0.29) is 15.8 Å². The number of methoxy groups -OCH3 is 1. The molecule has 6 nitrogen and oxygen atoms in total. The quantitative estimate of drug-likeness (QED) is 0.409. The van der Waals surface area contributed by atoms with E-state index in [0.29, 0.717) is 27.7 Å². The number of aryl methyl sites for hydroxylation is 1. The van der Waals surface area contributed by atoms with Crippen LogP contribution in [0.4, 0.5) is 18.3 Å². The van der Waals surface area contributed by atoms with Crippen molar-refractivity contribution in [1.29, 1.82) is 0 Å². The van der Waals surface area contributed by atoms with E-state index < -0.39 is 21.8 Å². The van der Waals surface area contributed by atoms with Gasteiger partial charge in [-0.05, 0) is 48.7 Å².